The predicted molar refractivity (Wildman–Crippen MR) is 129 cm³/mol. The third-order valence-corrected chi connectivity index (χ3v) is 6.63. The summed E-state index contributed by atoms with van der Waals surface area (Å²) in [5.41, 5.74) is 2.45. The quantitative estimate of drug-likeness (QED) is 0.362. The number of nitrogens with zero attached hydrogens (tertiary/aromatic N) is 2. The number of aromatic nitrogens is 1. The number of aliphatic carboxylic acids is 1. The minimum atomic E-state index is -1.02. The predicted octanol–water partition coefficient (Wildman–Crippen LogP) is 3.84. The van der Waals surface area contributed by atoms with Crippen LogP contribution in [0.1, 0.15) is 70.1 Å². The van der Waals surface area contributed by atoms with Crippen molar-refractivity contribution in [3.05, 3.63) is 23.4 Å². The summed E-state index contributed by atoms with van der Waals surface area (Å²) in [5, 5.41) is 15.5. The Kier molecular flexibility index (Phi) is 9.78. The van der Waals surface area contributed by atoms with Gasteiger partial charge in [0.25, 0.3) is 0 Å². The van der Waals surface area contributed by atoms with E-state index < -0.39 is 18.1 Å². The van der Waals surface area contributed by atoms with Crippen LogP contribution in [0.5, 0.6) is 0 Å². The van der Waals surface area contributed by atoms with Crippen molar-refractivity contribution in [2.45, 2.75) is 83.7 Å². The maximum atomic E-state index is 12.0. The highest BCUT2D eigenvalue weighted by Crippen LogP contribution is 2.27. The van der Waals surface area contributed by atoms with E-state index in [-0.39, 0.29) is 5.92 Å². The first kappa shape index (κ1) is 25.3. The number of nitrogens with one attached hydrogen (secondary N) is 2. The van der Waals surface area contributed by atoms with Crippen LogP contribution in [-0.4, -0.2) is 65.4 Å². The van der Waals surface area contributed by atoms with Gasteiger partial charge in [0.1, 0.15) is 11.9 Å². The van der Waals surface area contributed by atoms with Gasteiger partial charge in [-0.3, -0.25) is 0 Å². The van der Waals surface area contributed by atoms with Crippen LogP contribution in [0.4, 0.5) is 10.6 Å². The molecule has 8 heteroatoms. The molecule has 33 heavy (non-hydrogen) atoms. The highest BCUT2D eigenvalue weighted by Gasteiger charge is 2.30. The summed E-state index contributed by atoms with van der Waals surface area (Å²) >= 11 is 0. The smallest absolute Gasteiger partial charge is 0.407 e. The van der Waals surface area contributed by atoms with Gasteiger partial charge in [-0.05, 0) is 75.5 Å². The zero-order valence-corrected chi connectivity index (χ0v) is 20.1. The molecule has 1 aromatic rings. The molecule has 2 aliphatic rings. The van der Waals surface area contributed by atoms with Gasteiger partial charge >= 0.3 is 12.1 Å². The van der Waals surface area contributed by atoms with Gasteiger partial charge in [-0.25, -0.2) is 14.6 Å². The Labute approximate surface area is 197 Å². The molecule has 184 valence electrons. The number of unbranched alkanes of at least 4 members (excludes halogenated alkanes) is 1. The minimum absolute atomic E-state index is 0.261. The van der Waals surface area contributed by atoms with Crippen molar-refractivity contribution in [1.29, 1.82) is 0 Å². The Morgan fingerprint density at radius 2 is 2.12 bits per heavy atom. The molecule has 1 amide bonds. The number of ether oxygens (including phenoxy) is 1. The summed E-state index contributed by atoms with van der Waals surface area (Å²) in [7, 11) is 0. The van der Waals surface area contributed by atoms with Crippen LogP contribution in [0.25, 0.3) is 0 Å². The van der Waals surface area contributed by atoms with Gasteiger partial charge in [-0.1, -0.05) is 26.3 Å². The number of amides is 1. The van der Waals surface area contributed by atoms with Crippen molar-refractivity contribution < 1.29 is 19.4 Å². The summed E-state index contributed by atoms with van der Waals surface area (Å²) in [6.07, 6.45) is 8.30. The minimum Gasteiger partial charge on any atom is -0.480 e. The molecular formula is C25H40N4O4. The van der Waals surface area contributed by atoms with Crippen molar-refractivity contribution in [2.75, 3.05) is 31.6 Å². The van der Waals surface area contributed by atoms with Crippen molar-refractivity contribution >= 4 is 17.9 Å². The van der Waals surface area contributed by atoms with Crippen molar-refractivity contribution in [2.24, 2.45) is 5.92 Å². The summed E-state index contributed by atoms with van der Waals surface area (Å²) in [6.45, 7) is 6.93. The van der Waals surface area contributed by atoms with Crippen LogP contribution in [-0.2, 0) is 22.4 Å². The molecule has 2 atom stereocenters. The number of carboxylic acids is 1. The first-order valence-corrected chi connectivity index (χ1v) is 12.6. The van der Waals surface area contributed by atoms with E-state index in [1.165, 1.54) is 24.8 Å². The van der Waals surface area contributed by atoms with E-state index >= 15 is 0 Å². The van der Waals surface area contributed by atoms with Gasteiger partial charge < -0.3 is 25.4 Å². The molecule has 2 heterocycles. The van der Waals surface area contributed by atoms with E-state index in [1.807, 2.05) is 13.8 Å². The Hall–Kier alpha value is -2.35. The van der Waals surface area contributed by atoms with E-state index in [2.05, 4.69) is 27.7 Å². The largest absolute Gasteiger partial charge is 0.480 e. The van der Waals surface area contributed by atoms with E-state index in [4.69, 9.17) is 9.72 Å². The average molecular weight is 461 g/mol. The van der Waals surface area contributed by atoms with E-state index in [0.29, 0.717) is 25.6 Å². The van der Waals surface area contributed by atoms with Crippen LogP contribution < -0.4 is 10.6 Å². The second kappa shape index (κ2) is 12.8. The third-order valence-electron chi connectivity index (χ3n) is 6.63. The van der Waals surface area contributed by atoms with Crippen LogP contribution in [0.2, 0.25) is 0 Å². The van der Waals surface area contributed by atoms with E-state index in [1.54, 1.807) is 0 Å². The maximum absolute atomic E-state index is 12.0. The molecule has 0 spiro atoms. The maximum Gasteiger partial charge on any atom is 0.407 e. The molecule has 1 aliphatic carbocycles. The fraction of sp³-hybridized carbons (Fsp3) is 0.720. The third kappa shape index (κ3) is 8.50. The van der Waals surface area contributed by atoms with E-state index in [0.717, 1.165) is 56.7 Å². The number of rotatable bonds is 14. The molecule has 2 unspecified atom stereocenters. The van der Waals surface area contributed by atoms with Gasteiger partial charge in [-0.2, -0.15) is 0 Å². The number of anilines is 1. The zero-order chi connectivity index (χ0) is 23.6. The van der Waals surface area contributed by atoms with Crippen molar-refractivity contribution in [1.82, 2.24) is 15.2 Å². The van der Waals surface area contributed by atoms with Gasteiger partial charge in [0.15, 0.2) is 0 Å². The number of pyridine rings is 1. The van der Waals surface area contributed by atoms with Crippen LogP contribution in [0, 0.1) is 5.92 Å². The standard InChI is InChI=1S/C25H40N4O4/c1-3-18(2)17-33-25(32)28-22(24(30)31)13-16-29(21-11-12-21)15-5-4-8-20-10-9-19-7-6-14-26-23(19)27-20/h9-10,18,21-22H,3-8,11-17H2,1-2H3,(H,26,27)(H,28,32)(H,30,31). The second-order valence-electron chi connectivity index (χ2n) is 9.50. The first-order valence-electron chi connectivity index (χ1n) is 12.6. The second-order valence-corrected chi connectivity index (χ2v) is 9.50. The number of hydrogen-bond donors (Lipinski definition) is 3. The number of aryl methyl sites for hydroxylation is 2. The molecule has 0 bridgehead atoms. The Morgan fingerprint density at radius 3 is 2.85 bits per heavy atom. The molecule has 0 radical (unpaired) electrons. The molecular weight excluding hydrogens is 420 g/mol. The number of alkyl carbamates (subject to hydrolysis) is 1. The Balaban J connectivity index is 1.39. The summed E-state index contributed by atoms with van der Waals surface area (Å²) in [6, 6.07) is 3.96. The van der Waals surface area contributed by atoms with Gasteiger partial charge in [0.05, 0.1) is 6.61 Å². The number of carbonyl (C=O) groups excluding carboxylic acids is 1. The number of hydrogen-bond acceptors (Lipinski definition) is 6. The van der Waals surface area contributed by atoms with Crippen LogP contribution in [0.3, 0.4) is 0 Å². The first-order chi connectivity index (χ1) is 16.0. The SMILES string of the molecule is CCC(C)COC(=O)NC(CCN(CCCCc1ccc2c(n1)NCCC2)C1CC1)C(=O)O. The molecule has 0 aromatic carbocycles. The fourth-order valence-corrected chi connectivity index (χ4v) is 4.12. The highest BCUT2D eigenvalue weighted by atomic mass is 16.5. The summed E-state index contributed by atoms with van der Waals surface area (Å²) < 4.78 is 5.16. The molecule has 1 aliphatic heterocycles. The molecule has 0 saturated heterocycles. The fourth-order valence-electron chi connectivity index (χ4n) is 4.12. The summed E-state index contributed by atoms with van der Waals surface area (Å²) in [4.78, 5) is 30.8. The highest BCUT2D eigenvalue weighted by molar-refractivity contribution is 5.79. The number of fused-ring (bicyclic) bond motifs is 1. The molecule has 1 saturated carbocycles. The Bertz CT molecular complexity index is 784. The topological polar surface area (TPSA) is 104 Å². The van der Waals surface area contributed by atoms with E-state index in [9.17, 15) is 14.7 Å². The molecule has 8 nitrogen and oxygen atoms in total. The zero-order valence-electron chi connectivity index (χ0n) is 20.1. The lowest BCUT2D eigenvalue weighted by molar-refractivity contribution is -0.139. The van der Waals surface area contributed by atoms with Crippen molar-refractivity contribution in [3.63, 3.8) is 0 Å². The number of carboxylic acid groups (broad SMARTS) is 1. The van der Waals surface area contributed by atoms with Gasteiger partial charge in [0, 0.05) is 24.8 Å². The Morgan fingerprint density at radius 1 is 1.30 bits per heavy atom. The van der Waals surface area contributed by atoms with Crippen LogP contribution in [0.15, 0.2) is 12.1 Å². The van der Waals surface area contributed by atoms with Gasteiger partial charge in [-0.15, -0.1) is 0 Å². The number of carbonyl (C=O) groups is 2. The summed E-state index contributed by atoms with van der Waals surface area (Å²) in [5.74, 6) is 0.295. The lowest BCUT2D eigenvalue weighted by atomic mass is 10.1. The normalized spacial score (nSPS) is 17.1. The lowest BCUT2D eigenvalue weighted by Crippen LogP contribution is -2.44. The van der Waals surface area contributed by atoms with Crippen molar-refractivity contribution in [3.8, 4) is 0 Å². The molecule has 1 aromatic heterocycles. The monoisotopic (exact) mass is 460 g/mol. The van der Waals surface area contributed by atoms with Gasteiger partial charge in [0.2, 0.25) is 0 Å². The lowest BCUT2D eigenvalue weighted by Gasteiger charge is -2.24. The molecule has 3 N–H and O–H groups in total. The molecule has 1 fully saturated rings. The van der Waals surface area contributed by atoms with Crippen LogP contribution >= 0.6 is 0 Å². The molecule has 3 rings (SSSR count). The average Bonchev–Trinajstić information content (AvgIpc) is 3.66.